The minimum absolute atomic E-state index is 0.233. The normalized spacial score (nSPS) is 10.6. The quantitative estimate of drug-likeness (QED) is 0.809. The second-order valence-electron chi connectivity index (χ2n) is 4.37. The van der Waals surface area contributed by atoms with E-state index in [1.165, 1.54) is 40.5 Å². The molecule has 3 aromatic rings. The predicted molar refractivity (Wildman–Crippen MR) is 78.8 cm³/mol. The molecule has 2 aromatic heterocycles. The lowest BCUT2D eigenvalue weighted by Gasteiger charge is -2.13. The Morgan fingerprint density at radius 2 is 2.10 bits per heavy atom. The summed E-state index contributed by atoms with van der Waals surface area (Å²) in [6, 6.07) is 5.44. The molecule has 0 fully saturated rings. The molecule has 0 aliphatic heterocycles. The molecule has 0 unspecified atom stereocenters. The van der Waals surface area contributed by atoms with Crippen LogP contribution in [0, 0.1) is 5.82 Å². The van der Waals surface area contributed by atoms with Crippen molar-refractivity contribution in [2.75, 3.05) is 11.9 Å². The fraction of sp³-hybridized carbons (Fsp3) is 0.0714. The number of anilines is 1. The van der Waals surface area contributed by atoms with Crippen LogP contribution in [0.15, 0.2) is 42.0 Å². The average Bonchev–Trinajstić information content (AvgIpc) is 3.17. The highest BCUT2D eigenvalue weighted by Gasteiger charge is 2.17. The SMILES string of the molecule is CN(C(=O)c1ccc(F)cc1)c1nc(-c2cn[nH]c2)cs1. The van der Waals surface area contributed by atoms with Gasteiger partial charge in [-0.15, -0.1) is 11.3 Å². The Balaban J connectivity index is 1.83. The third kappa shape index (κ3) is 2.68. The van der Waals surface area contributed by atoms with Gasteiger partial charge in [0.2, 0.25) is 0 Å². The average molecular weight is 302 g/mol. The van der Waals surface area contributed by atoms with Crippen LogP contribution in [0.1, 0.15) is 10.4 Å². The number of halogens is 1. The third-order valence-electron chi connectivity index (χ3n) is 2.97. The fourth-order valence-corrected chi connectivity index (χ4v) is 2.61. The number of amides is 1. The fourth-order valence-electron chi connectivity index (χ4n) is 1.81. The number of aromatic nitrogens is 3. The van der Waals surface area contributed by atoms with E-state index in [4.69, 9.17) is 0 Å². The Morgan fingerprint density at radius 3 is 2.76 bits per heavy atom. The molecule has 2 heterocycles. The van der Waals surface area contributed by atoms with Crippen LogP contribution in [0.3, 0.4) is 0 Å². The van der Waals surface area contributed by atoms with Crippen LogP contribution in [-0.4, -0.2) is 28.1 Å². The summed E-state index contributed by atoms with van der Waals surface area (Å²) in [5.41, 5.74) is 2.03. The van der Waals surface area contributed by atoms with E-state index >= 15 is 0 Å². The summed E-state index contributed by atoms with van der Waals surface area (Å²) < 4.78 is 12.9. The maximum absolute atomic E-state index is 12.9. The first-order valence-corrected chi connectivity index (χ1v) is 7.01. The van der Waals surface area contributed by atoms with E-state index in [0.29, 0.717) is 10.7 Å². The zero-order chi connectivity index (χ0) is 14.8. The molecular weight excluding hydrogens is 291 g/mol. The van der Waals surface area contributed by atoms with Gasteiger partial charge in [0, 0.05) is 29.8 Å². The van der Waals surface area contributed by atoms with Gasteiger partial charge in [-0.3, -0.25) is 14.8 Å². The molecule has 1 N–H and O–H groups in total. The number of nitrogens with one attached hydrogen (secondary N) is 1. The van der Waals surface area contributed by atoms with Gasteiger partial charge < -0.3 is 0 Å². The number of benzene rings is 1. The van der Waals surface area contributed by atoms with Gasteiger partial charge in [0.05, 0.1) is 11.9 Å². The summed E-state index contributed by atoms with van der Waals surface area (Å²) in [6.07, 6.45) is 3.40. The highest BCUT2D eigenvalue weighted by Crippen LogP contribution is 2.27. The molecule has 5 nitrogen and oxygen atoms in total. The van der Waals surface area contributed by atoms with Crippen molar-refractivity contribution in [3.8, 4) is 11.3 Å². The Bertz CT molecular complexity index is 752. The van der Waals surface area contributed by atoms with Crippen molar-refractivity contribution in [3.05, 3.63) is 53.4 Å². The van der Waals surface area contributed by atoms with Gasteiger partial charge in [0.1, 0.15) is 5.82 Å². The van der Waals surface area contributed by atoms with Crippen molar-refractivity contribution in [2.45, 2.75) is 0 Å². The second kappa shape index (κ2) is 5.45. The first-order valence-electron chi connectivity index (χ1n) is 6.13. The zero-order valence-corrected chi connectivity index (χ0v) is 11.9. The van der Waals surface area contributed by atoms with Gasteiger partial charge >= 0.3 is 0 Å². The number of aromatic amines is 1. The van der Waals surface area contributed by atoms with Gasteiger partial charge in [0.15, 0.2) is 5.13 Å². The minimum atomic E-state index is -0.370. The number of rotatable bonds is 3. The molecule has 106 valence electrons. The van der Waals surface area contributed by atoms with Crippen LogP contribution in [0.5, 0.6) is 0 Å². The van der Waals surface area contributed by atoms with Crippen LogP contribution in [0.25, 0.3) is 11.3 Å². The summed E-state index contributed by atoms with van der Waals surface area (Å²) in [6.45, 7) is 0. The van der Waals surface area contributed by atoms with Crippen molar-refractivity contribution in [2.24, 2.45) is 0 Å². The molecule has 7 heteroatoms. The number of carbonyl (C=O) groups is 1. The number of H-pyrrole nitrogens is 1. The largest absolute Gasteiger partial charge is 0.287 e. The molecule has 0 saturated carbocycles. The van der Waals surface area contributed by atoms with E-state index in [-0.39, 0.29) is 11.7 Å². The van der Waals surface area contributed by atoms with Crippen molar-refractivity contribution in [3.63, 3.8) is 0 Å². The van der Waals surface area contributed by atoms with E-state index in [1.54, 1.807) is 19.4 Å². The van der Waals surface area contributed by atoms with Gasteiger partial charge in [-0.25, -0.2) is 9.37 Å². The first kappa shape index (κ1) is 13.4. The smallest absolute Gasteiger partial charge is 0.259 e. The van der Waals surface area contributed by atoms with Crippen molar-refractivity contribution in [1.29, 1.82) is 0 Å². The van der Waals surface area contributed by atoms with Crippen LogP contribution >= 0.6 is 11.3 Å². The topological polar surface area (TPSA) is 61.9 Å². The maximum Gasteiger partial charge on any atom is 0.259 e. The van der Waals surface area contributed by atoms with Gasteiger partial charge in [-0.05, 0) is 24.3 Å². The molecular formula is C14H11FN4OS. The van der Waals surface area contributed by atoms with E-state index in [1.807, 2.05) is 5.38 Å². The summed E-state index contributed by atoms with van der Waals surface area (Å²) in [5, 5.41) is 9.01. The number of nitrogens with zero attached hydrogens (tertiary/aromatic N) is 3. The van der Waals surface area contributed by atoms with E-state index in [0.717, 1.165) is 11.3 Å². The second-order valence-corrected chi connectivity index (χ2v) is 5.21. The number of carbonyl (C=O) groups excluding carboxylic acids is 1. The van der Waals surface area contributed by atoms with E-state index in [9.17, 15) is 9.18 Å². The third-order valence-corrected chi connectivity index (χ3v) is 3.89. The highest BCUT2D eigenvalue weighted by molar-refractivity contribution is 7.14. The molecule has 0 aliphatic rings. The van der Waals surface area contributed by atoms with Crippen molar-refractivity contribution >= 4 is 22.4 Å². The van der Waals surface area contributed by atoms with Gasteiger partial charge in [-0.1, -0.05) is 0 Å². The zero-order valence-electron chi connectivity index (χ0n) is 11.1. The van der Waals surface area contributed by atoms with Crippen LogP contribution in [0.2, 0.25) is 0 Å². The molecule has 0 saturated heterocycles. The predicted octanol–water partition coefficient (Wildman–Crippen LogP) is 2.95. The molecule has 0 aliphatic carbocycles. The lowest BCUT2D eigenvalue weighted by Crippen LogP contribution is -2.26. The van der Waals surface area contributed by atoms with Gasteiger partial charge in [-0.2, -0.15) is 5.10 Å². The molecule has 0 bridgehead atoms. The molecule has 1 amide bonds. The van der Waals surface area contributed by atoms with Crippen LogP contribution in [-0.2, 0) is 0 Å². The standard InChI is InChI=1S/C14H11FN4OS/c1-19(13(20)9-2-4-11(15)5-3-9)14-18-12(8-21-14)10-6-16-17-7-10/h2-8H,1H3,(H,16,17). The number of hydrogen-bond acceptors (Lipinski definition) is 4. The minimum Gasteiger partial charge on any atom is -0.287 e. The van der Waals surface area contributed by atoms with Crippen molar-refractivity contribution < 1.29 is 9.18 Å². The summed E-state index contributed by atoms with van der Waals surface area (Å²) >= 11 is 1.36. The number of thiazole rings is 1. The molecule has 21 heavy (non-hydrogen) atoms. The highest BCUT2D eigenvalue weighted by atomic mass is 32.1. The van der Waals surface area contributed by atoms with E-state index < -0.39 is 0 Å². The van der Waals surface area contributed by atoms with Crippen molar-refractivity contribution in [1.82, 2.24) is 15.2 Å². The Kier molecular flexibility index (Phi) is 3.49. The molecule has 0 radical (unpaired) electrons. The molecule has 3 rings (SSSR count). The summed E-state index contributed by atoms with van der Waals surface area (Å²) in [7, 11) is 1.64. The Morgan fingerprint density at radius 1 is 1.33 bits per heavy atom. The summed E-state index contributed by atoms with van der Waals surface area (Å²) in [5.74, 6) is -0.603. The summed E-state index contributed by atoms with van der Waals surface area (Å²) in [4.78, 5) is 18.2. The van der Waals surface area contributed by atoms with Gasteiger partial charge in [0.25, 0.3) is 5.91 Å². The monoisotopic (exact) mass is 302 g/mol. The van der Waals surface area contributed by atoms with E-state index in [2.05, 4.69) is 15.2 Å². The lowest BCUT2D eigenvalue weighted by molar-refractivity contribution is 0.0993. The van der Waals surface area contributed by atoms with Crippen LogP contribution in [0.4, 0.5) is 9.52 Å². The lowest BCUT2D eigenvalue weighted by atomic mass is 10.2. The van der Waals surface area contributed by atoms with Crippen LogP contribution < -0.4 is 4.90 Å². The Labute approximate surface area is 124 Å². The first-order chi connectivity index (χ1) is 10.1. The Hall–Kier alpha value is -2.54. The molecule has 0 spiro atoms. The maximum atomic E-state index is 12.9. The molecule has 1 aromatic carbocycles. The number of hydrogen-bond donors (Lipinski definition) is 1. The molecule has 0 atom stereocenters.